The second-order valence-electron chi connectivity index (χ2n) is 6.83. The molecule has 0 radical (unpaired) electrons. The monoisotopic (exact) mass is 337 g/mol. The Hall–Kier alpha value is -2.56. The second-order valence-corrected chi connectivity index (χ2v) is 6.83. The third-order valence-electron chi connectivity index (χ3n) is 4.98. The summed E-state index contributed by atoms with van der Waals surface area (Å²) in [6, 6.07) is 14.2. The fourth-order valence-electron chi connectivity index (χ4n) is 3.58. The molecule has 5 heteroatoms. The van der Waals surface area contributed by atoms with Crippen LogP contribution in [0.15, 0.2) is 42.5 Å². The van der Waals surface area contributed by atoms with Crippen molar-refractivity contribution >= 4 is 11.7 Å². The van der Waals surface area contributed by atoms with Gasteiger partial charge in [-0.05, 0) is 43.5 Å². The van der Waals surface area contributed by atoms with Crippen molar-refractivity contribution < 1.29 is 9.53 Å². The van der Waals surface area contributed by atoms with E-state index in [9.17, 15) is 4.79 Å². The average molecular weight is 337 g/mol. The van der Waals surface area contributed by atoms with Gasteiger partial charge < -0.3 is 15.0 Å². The van der Waals surface area contributed by atoms with Crippen LogP contribution in [0.3, 0.4) is 0 Å². The standard InChI is InChI=1S/C20H23N3O2/c1-14-5-4-8-19(21-14)23-11-9-16(10-12-23)22-20(24)18-13-15-6-2-3-7-17(15)25-18/h2-8,16,18H,9-13H2,1H3,(H,22,24)/t18-/m0/s1. The number of nitrogens with zero attached hydrogens (tertiary/aromatic N) is 2. The molecule has 2 aliphatic rings. The molecule has 4 rings (SSSR count). The number of hydrogen-bond donors (Lipinski definition) is 1. The van der Waals surface area contributed by atoms with Crippen LogP contribution in [0, 0.1) is 6.92 Å². The predicted molar refractivity (Wildman–Crippen MR) is 96.9 cm³/mol. The number of benzene rings is 1. The van der Waals surface area contributed by atoms with E-state index in [-0.39, 0.29) is 11.9 Å². The number of fused-ring (bicyclic) bond motifs is 1. The summed E-state index contributed by atoms with van der Waals surface area (Å²) >= 11 is 0. The SMILES string of the molecule is Cc1cccc(N2CCC(NC(=O)[C@@H]3Cc4ccccc4O3)CC2)n1. The molecule has 5 nitrogen and oxygen atoms in total. The molecule has 0 saturated carbocycles. The maximum atomic E-state index is 12.5. The van der Waals surface area contributed by atoms with E-state index in [1.807, 2.05) is 43.3 Å². The minimum Gasteiger partial charge on any atom is -0.480 e. The second kappa shape index (κ2) is 6.75. The van der Waals surface area contributed by atoms with E-state index < -0.39 is 6.10 Å². The number of pyridine rings is 1. The number of piperidine rings is 1. The summed E-state index contributed by atoms with van der Waals surface area (Å²) in [7, 11) is 0. The number of rotatable bonds is 3. The fourth-order valence-corrected chi connectivity index (χ4v) is 3.58. The molecule has 130 valence electrons. The van der Waals surface area contributed by atoms with Gasteiger partial charge in [0.2, 0.25) is 0 Å². The quantitative estimate of drug-likeness (QED) is 0.935. The van der Waals surface area contributed by atoms with Gasteiger partial charge in [-0.2, -0.15) is 0 Å². The summed E-state index contributed by atoms with van der Waals surface area (Å²) in [6.07, 6.45) is 2.13. The molecule has 0 spiro atoms. The van der Waals surface area contributed by atoms with Crippen LogP contribution in [0.2, 0.25) is 0 Å². The number of amides is 1. The topological polar surface area (TPSA) is 54.5 Å². The number of aromatic nitrogens is 1. The molecule has 1 atom stereocenters. The van der Waals surface area contributed by atoms with Crippen LogP contribution >= 0.6 is 0 Å². The third-order valence-corrected chi connectivity index (χ3v) is 4.98. The Bertz CT molecular complexity index is 744. The number of hydrogen-bond acceptors (Lipinski definition) is 4. The van der Waals surface area contributed by atoms with Gasteiger partial charge in [-0.25, -0.2) is 4.98 Å². The van der Waals surface area contributed by atoms with Crippen LogP contribution in [0.1, 0.15) is 24.1 Å². The molecule has 2 aromatic rings. The largest absolute Gasteiger partial charge is 0.480 e. The molecule has 0 unspecified atom stereocenters. The minimum absolute atomic E-state index is 0.00308. The molecule has 1 aromatic heterocycles. The smallest absolute Gasteiger partial charge is 0.261 e. The Labute approximate surface area is 148 Å². The number of ether oxygens (including phenoxy) is 1. The van der Waals surface area contributed by atoms with E-state index in [1.54, 1.807) is 0 Å². The number of aryl methyl sites for hydroxylation is 1. The maximum absolute atomic E-state index is 12.5. The number of nitrogens with one attached hydrogen (secondary N) is 1. The van der Waals surface area contributed by atoms with Crippen LogP contribution in [0.25, 0.3) is 0 Å². The van der Waals surface area contributed by atoms with Crippen LogP contribution in [-0.4, -0.2) is 36.1 Å². The van der Waals surface area contributed by atoms with Gasteiger partial charge in [0.05, 0.1) is 0 Å². The average Bonchev–Trinajstić information content (AvgIpc) is 3.07. The van der Waals surface area contributed by atoms with E-state index in [2.05, 4.69) is 21.3 Å². The third kappa shape index (κ3) is 3.45. The van der Waals surface area contributed by atoms with Crippen molar-refractivity contribution in [2.45, 2.75) is 38.3 Å². The van der Waals surface area contributed by atoms with Gasteiger partial charge in [0, 0.05) is 31.2 Å². The van der Waals surface area contributed by atoms with E-state index >= 15 is 0 Å². The Morgan fingerprint density at radius 2 is 1.96 bits per heavy atom. The highest BCUT2D eigenvalue weighted by atomic mass is 16.5. The molecule has 1 N–H and O–H groups in total. The molecular weight excluding hydrogens is 314 g/mol. The highest BCUT2D eigenvalue weighted by Gasteiger charge is 2.31. The summed E-state index contributed by atoms with van der Waals surface area (Å²) in [5.41, 5.74) is 2.15. The summed E-state index contributed by atoms with van der Waals surface area (Å²) in [4.78, 5) is 19.4. The zero-order valence-electron chi connectivity index (χ0n) is 14.4. The van der Waals surface area contributed by atoms with Crippen LogP contribution < -0.4 is 15.0 Å². The molecule has 25 heavy (non-hydrogen) atoms. The Balaban J connectivity index is 1.30. The summed E-state index contributed by atoms with van der Waals surface area (Å²) in [6.45, 7) is 3.83. The molecule has 3 heterocycles. The highest BCUT2D eigenvalue weighted by Crippen LogP contribution is 2.28. The van der Waals surface area contributed by atoms with Gasteiger partial charge in [0.1, 0.15) is 11.6 Å². The van der Waals surface area contributed by atoms with Gasteiger partial charge >= 0.3 is 0 Å². The van der Waals surface area contributed by atoms with E-state index in [0.29, 0.717) is 6.42 Å². The zero-order chi connectivity index (χ0) is 17.2. The van der Waals surface area contributed by atoms with Gasteiger partial charge in [0.25, 0.3) is 5.91 Å². The molecule has 1 amide bonds. The van der Waals surface area contributed by atoms with Gasteiger partial charge in [0.15, 0.2) is 6.10 Å². The Kier molecular flexibility index (Phi) is 4.30. The molecule has 2 aliphatic heterocycles. The van der Waals surface area contributed by atoms with E-state index in [1.165, 1.54) is 0 Å². The van der Waals surface area contributed by atoms with E-state index in [4.69, 9.17) is 4.74 Å². The number of anilines is 1. The molecule has 0 aliphatic carbocycles. The lowest BCUT2D eigenvalue weighted by atomic mass is 10.0. The maximum Gasteiger partial charge on any atom is 0.261 e. The first-order chi connectivity index (χ1) is 12.2. The van der Waals surface area contributed by atoms with Crippen molar-refractivity contribution in [2.24, 2.45) is 0 Å². The first-order valence-electron chi connectivity index (χ1n) is 8.92. The summed E-state index contributed by atoms with van der Waals surface area (Å²) < 4.78 is 5.78. The first-order valence-corrected chi connectivity index (χ1v) is 8.92. The fraction of sp³-hybridized carbons (Fsp3) is 0.400. The lowest BCUT2D eigenvalue weighted by molar-refractivity contribution is -0.128. The van der Waals surface area contributed by atoms with Crippen LogP contribution in [0.4, 0.5) is 5.82 Å². The molecular formula is C20H23N3O2. The zero-order valence-corrected chi connectivity index (χ0v) is 14.4. The van der Waals surface area contributed by atoms with Gasteiger partial charge in [-0.15, -0.1) is 0 Å². The van der Waals surface area contributed by atoms with Gasteiger partial charge in [-0.1, -0.05) is 24.3 Å². The summed E-state index contributed by atoms with van der Waals surface area (Å²) in [5.74, 6) is 1.87. The van der Waals surface area contributed by atoms with Crippen molar-refractivity contribution in [3.8, 4) is 5.75 Å². The van der Waals surface area contributed by atoms with Crippen molar-refractivity contribution in [1.29, 1.82) is 0 Å². The lowest BCUT2D eigenvalue weighted by Crippen LogP contribution is -2.48. The normalized spacial score (nSPS) is 20.0. The first kappa shape index (κ1) is 15.9. The molecule has 1 aromatic carbocycles. The van der Waals surface area contributed by atoms with Crippen molar-refractivity contribution in [1.82, 2.24) is 10.3 Å². The van der Waals surface area contributed by atoms with Crippen molar-refractivity contribution in [3.63, 3.8) is 0 Å². The van der Waals surface area contributed by atoms with E-state index in [0.717, 1.165) is 48.8 Å². The lowest BCUT2D eigenvalue weighted by Gasteiger charge is -2.33. The van der Waals surface area contributed by atoms with Crippen LogP contribution in [-0.2, 0) is 11.2 Å². The predicted octanol–water partition coefficient (Wildman–Crippen LogP) is 2.48. The number of carbonyl (C=O) groups is 1. The van der Waals surface area contributed by atoms with Crippen molar-refractivity contribution in [2.75, 3.05) is 18.0 Å². The molecule has 1 fully saturated rings. The Morgan fingerprint density at radius 1 is 1.16 bits per heavy atom. The molecule has 0 bridgehead atoms. The number of para-hydroxylation sites is 1. The summed E-state index contributed by atoms with van der Waals surface area (Å²) in [5, 5.41) is 3.17. The highest BCUT2D eigenvalue weighted by molar-refractivity contribution is 5.82. The van der Waals surface area contributed by atoms with Crippen molar-refractivity contribution in [3.05, 3.63) is 53.7 Å². The molecule has 1 saturated heterocycles. The Morgan fingerprint density at radius 3 is 2.72 bits per heavy atom. The van der Waals surface area contributed by atoms with Gasteiger partial charge in [-0.3, -0.25) is 4.79 Å². The van der Waals surface area contributed by atoms with Crippen LogP contribution in [0.5, 0.6) is 5.75 Å². The minimum atomic E-state index is -0.395. The number of carbonyl (C=O) groups excluding carboxylic acids is 1.